The summed E-state index contributed by atoms with van der Waals surface area (Å²) in [5, 5.41) is 7.18. The molecule has 3 heterocycles. The molecule has 0 radical (unpaired) electrons. The number of amides is 1. The van der Waals surface area contributed by atoms with Crippen molar-refractivity contribution in [2.75, 3.05) is 51.5 Å². The first-order valence-corrected chi connectivity index (χ1v) is 12.9. The molecule has 2 aromatic heterocycles. The number of nitrogens with one attached hydrogen (secondary N) is 4. The number of aromatic nitrogens is 3. The molecule has 0 unspecified atom stereocenters. The molecule has 5 rings (SSSR count). The Morgan fingerprint density at radius 3 is 2.85 bits per heavy atom. The number of ether oxygens (including phenoxy) is 1. The van der Waals surface area contributed by atoms with Gasteiger partial charge in [0.05, 0.1) is 23.7 Å². The van der Waals surface area contributed by atoms with E-state index in [4.69, 9.17) is 15.5 Å². The number of carbonyl (C=O) groups excluding carboxylic acids is 1. The predicted molar refractivity (Wildman–Crippen MR) is 149 cm³/mol. The molecule has 0 saturated carbocycles. The summed E-state index contributed by atoms with van der Waals surface area (Å²) in [6.45, 7) is 4.01. The van der Waals surface area contributed by atoms with Gasteiger partial charge in [-0.15, -0.1) is 0 Å². The van der Waals surface area contributed by atoms with Crippen molar-refractivity contribution in [3.05, 3.63) is 65.1 Å². The SMILES string of the molecule is COc1cc2c(cc1Nc1nc(Nc3cccc(F)c3C(N)=O)c3cc[nH]c3[nH+]1)CN(CCCN(C)C)CC2. The van der Waals surface area contributed by atoms with Crippen LogP contribution in [0.3, 0.4) is 0 Å². The molecule has 0 fully saturated rings. The van der Waals surface area contributed by atoms with Crippen LogP contribution in [0.15, 0.2) is 42.6 Å². The Kier molecular flexibility index (Phi) is 7.62. The van der Waals surface area contributed by atoms with Gasteiger partial charge in [0.25, 0.3) is 5.91 Å². The van der Waals surface area contributed by atoms with Crippen LogP contribution in [-0.4, -0.2) is 66.5 Å². The first-order chi connectivity index (χ1) is 18.8. The second kappa shape index (κ2) is 11.3. The lowest BCUT2D eigenvalue weighted by atomic mass is 9.98. The lowest BCUT2D eigenvalue weighted by Gasteiger charge is -2.29. The maximum Gasteiger partial charge on any atom is 0.351 e. The number of hydrogen-bond donors (Lipinski definition) is 4. The number of fused-ring (bicyclic) bond motifs is 2. The molecule has 2 aromatic carbocycles. The van der Waals surface area contributed by atoms with Gasteiger partial charge in [0.2, 0.25) is 11.5 Å². The average Bonchev–Trinajstić information content (AvgIpc) is 3.37. The number of halogens is 1. The van der Waals surface area contributed by atoms with Crippen LogP contribution in [-0.2, 0) is 13.0 Å². The van der Waals surface area contributed by atoms with Gasteiger partial charge in [-0.25, -0.2) is 9.37 Å². The number of aromatic amines is 2. The molecule has 0 spiro atoms. The number of hydrogen-bond acceptors (Lipinski definition) is 7. The minimum absolute atomic E-state index is 0.225. The van der Waals surface area contributed by atoms with Crippen molar-refractivity contribution in [2.24, 2.45) is 5.73 Å². The Balaban J connectivity index is 1.44. The third-order valence-electron chi connectivity index (χ3n) is 6.93. The van der Waals surface area contributed by atoms with Crippen molar-refractivity contribution in [2.45, 2.75) is 19.4 Å². The van der Waals surface area contributed by atoms with Crippen LogP contribution in [0.4, 0.5) is 27.5 Å². The second-order valence-corrected chi connectivity index (χ2v) is 9.98. The number of anilines is 4. The highest BCUT2D eigenvalue weighted by atomic mass is 19.1. The Morgan fingerprint density at radius 2 is 2.08 bits per heavy atom. The van der Waals surface area contributed by atoms with E-state index >= 15 is 0 Å². The van der Waals surface area contributed by atoms with Crippen molar-refractivity contribution < 1.29 is 18.9 Å². The fraction of sp³-hybridized carbons (Fsp3) is 0.321. The van der Waals surface area contributed by atoms with Gasteiger partial charge in [-0.1, -0.05) is 11.1 Å². The number of nitrogens with two attached hydrogens (primary N) is 1. The molecule has 204 valence electrons. The number of rotatable bonds is 10. The first kappa shape index (κ1) is 26.4. The number of carbonyl (C=O) groups is 1. The highest BCUT2D eigenvalue weighted by Gasteiger charge is 2.23. The van der Waals surface area contributed by atoms with Gasteiger partial charge in [0, 0.05) is 19.3 Å². The van der Waals surface area contributed by atoms with E-state index in [0.717, 1.165) is 50.1 Å². The second-order valence-electron chi connectivity index (χ2n) is 9.98. The third kappa shape index (κ3) is 5.79. The summed E-state index contributed by atoms with van der Waals surface area (Å²) < 4.78 is 20.1. The van der Waals surface area contributed by atoms with E-state index in [9.17, 15) is 9.18 Å². The van der Waals surface area contributed by atoms with Crippen molar-refractivity contribution in [3.63, 3.8) is 0 Å². The highest BCUT2D eigenvalue weighted by molar-refractivity contribution is 6.00. The number of H-pyrrole nitrogens is 2. The maximum atomic E-state index is 14.4. The van der Waals surface area contributed by atoms with Crippen LogP contribution < -0.4 is 26.1 Å². The number of nitrogens with zero attached hydrogens (tertiary/aromatic N) is 3. The maximum absolute atomic E-state index is 14.4. The van der Waals surface area contributed by atoms with Gasteiger partial charge in [0.15, 0.2) is 5.75 Å². The van der Waals surface area contributed by atoms with E-state index in [1.54, 1.807) is 19.4 Å². The van der Waals surface area contributed by atoms with Crippen LogP contribution in [0.5, 0.6) is 5.75 Å². The molecular formula is C28H34FN8O2+. The Morgan fingerprint density at radius 1 is 1.23 bits per heavy atom. The van der Waals surface area contributed by atoms with E-state index in [1.165, 1.54) is 23.3 Å². The van der Waals surface area contributed by atoms with E-state index in [1.807, 2.05) is 6.07 Å². The van der Waals surface area contributed by atoms with Gasteiger partial charge < -0.3 is 20.7 Å². The van der Waals surface area contributed by atoms with Crippen LogP contribution in [0.1, 0.15) is 27.9 Å². The molecule has 6 N–H and O–H groups in total. The molecule has 1 amide bonds. The summed E-state index contributed by atoms with van der Waals surface area (Å²) in [6.07, 6.45) is 3.86. The van der Waals surface area contributed by atoms with Crippen LogP contribution in [0, 0.1) is 5.82 Å². The molecule has 1 aliphatic rings. The molecule has 0 aliphatic carbocycles. The summed E-state index contributed by atoms with van der Waals surface area (Å²) in [7, 11) is 5.85. The third-order valence-corrected chi connectivity index (χ3v) is 6.93. The lowest BCUT2D eigenvalue weighted by Crippen LogP contribution is -2.32. The summed E-state index contributed by atoms with van der Waals surface area (Å²) in [6, 6.07) is 10.3. The predicted octanol–water partition coefficient (Wildman–Crippen LogP) is 3.42. The van der Waals surface area contributed by atoms with Crippen LogP contribution in [0.2, 0.25) is 0 Å². The van der Waals surface area contributed by atoms with Gasteiger partial charge in [-0.2, -0.15) is 0 Å². The zero-order valence-corrected chi connectivity index (χ0v) is 22.4. The summed E-state index contributed by atoms with van der Waals surface area (Å²) >= 11 is 0. The number of benzene rings is 2. The van der Waals surface area contributed by atoms with E-state index in [2.05, 4.69) is 56.6 Å². The fourth-order valence-corrected chi connectivity index (χ4v) is 4.99. The Bertz CT molecular complexity index is 1500. The van der Waals surface area contributed by atoms with Gasteiger partial charge in [-0.05, 0) is 81.5 Å². The van der Waals surface area contributed by atoms with Crippen molar-refractivity contribution in [1.29, 1.82) is 0 Å². The zero-order chi connectivity index (χ0) is 27.5. The molecular weight excluding hydrogens is 499 g/mol. The smallest absolute Gasteiger partial charge is 0.351 e. The molecule has 11 heteroatoms. The molecule has 0 atom stereocenters. The molecule has 0 saturated heterocycles. The summed E-state index contributed by atoms with van der Waals surface area (Å²) in [5.74, 6) is 0.00253. The first-order valence-electron chi connectivity index (χ1n) is 12.9. The van der Waals surface area contributed by atoms with E-state index < -0.39 is 11.7 Å². The highest BCUT2D eigenvalue weighted by Crippen LogP contribution is 2.34. The standard InChI is InChI=1S/C28H33FN8O2/c1-36(2)11-5-12-37-13-9-17-15-23(39-3)22(14-18(17)16-37)33-28-34-26-19(8-10-31-26)27(35-28)32-21-7-4-6-20(29)24(21)25(30)38/h4,6-8,10,14-15H,5,9,11-13,16H2,1-3H3,(H2,30,38)(H3,31,32,33,34,35)/p+1. The van der Waals surface area contributed by atoms with Crippen molar-refractivity contribution in [3.8, 4) is 5.75 Å². The topological polar surface area (TPSA) is 126 Å². The molecule has 1 aliphatic heterocycles. The minimum atomic E-state index is -0.865. The van der Waals surface area contributed by atoms with Crippen molar-refractivity contribution in [1.82, 2.24) is 19.8 Å². The molecule has 0 bridgehead atoms. The normalized spacial score (nSPS) is 13.5. The minimum Gasteiger partial charge on any atom is -0.493 e. The largest absolute Gasteiger partial charge is 0.493 e. The average molecular weight is 534 g/mol. The van der Waals surface area contributed by atoms with Gasteiger partial charge in [0.1, 0.15) is 11.5 Å². The Hall–Kier alpha value is -4.22. The molecule has 39 heavy (non-hydrogen) atoms. The van der Waals surface area contributed by atoms with Crippen LogP contribution in [0.25, 0.3) is 11.0 Å². The lowest BCUT2D eigenvalue weighted by molar-refractivity contribution is -0.333. The van der Waals surface area contributed by atoms with Crippen molar-refractivity contribution >= 4 is 40.1 Å². The number of methoxy groups -OCH3 is 1. The van der Waals surface area contributed by atoms with Crippen LogP contribution >= 0.6 is 0 Å². The Labute approximate surface area is 226 Å². The monoisotopic (exact) mass is 533 g/mol. The number of primary amides is 1. The van der Waals surface area contributed by atoms with Gasteiger partial charge >= 0.3 is 5.95 Å². The summed E-state index contributed by atoms with van der Waals surface area (Å²) in [4.78, 5) is 27.7. The van der Waals surface area contributed by atoms with Gasteiger partial charge in [-0.3, -0.25) is 20.0 Å². The molecule has 4 aromatic rings. The van der Waals surface area contributed by atoms with E-state index in [-0.39, 0.29) is 11.3 Å². The van der Waals surface area contributed by atoms with E-state index in [0.29, 0.717) is 23.2 Å². The molecule has 10 nitrogen and oxygen atoms in total. The quantitative estimate of drug-likeness (QED) is 0.246. The summed E-state index contributed by atoms with van der Waals surface area (Å²) in [5.41, 5.74) is 9.45. The fourth-order valence-electron chi connectivity index (χ4n) is 4.99. The zero-order valence-electron chi connectivity index (χ0n) is 22.4.